The van der Waals surface area contributed by atoms with Crippen LogP contribution in [0.4, 0.5) is 5.69 Å². The Balaban J connectivity index is 2.08. The van der Waals surface area contributed by atoms with Gasteiger partial charge in [-0.25, -0.2) is 0 Å². The Hall–Kier alpha value is -1.18. The van der Waals surface area contributed by atoms with E-state index in [1.807, 2.05) is 32.0 Å². The van der Waals surface area contributed by atoms with E-state index >= 15 is 0 Å². The minimum Gasteiger partial charge on any atom is -0.308 e. The molecule has 2 amide bonds. The van der Waals surface area contributed by atoms with Crippen LogP contribution < -0.4 is 4.90 Å². The number of halogens is 1. The van der Waals surface area contributed by atoms with E-state index in [0.29, 0.717) is 33.8 Å². The second-order valence-electron chi connectivity index (χ2n) is 6.85. The van der Waals surface area contributed by atoms with Gasteiger partial charge in [0.25, 0.3) is 11.8 Å². The Morgan fingerprint density at radius 3 is 2.58 bits per heavy atom. The Morgan fingerprint density at radius 1 is 1.19 bits per heavy atom. The van der Waals surface area contributed by atoms with Crippen LogP contribution in [-0.4, -0.2) is 34.1 Å². The van der Waals surface area contributed by atoms with Gasteiger partial charge < -0.3 is 4.90 Å². The summed E-state index contributed by atoms with van der Waals surface area (Å²) >= 11 is 10.1. The molecule has 2 aliphatic rings. The number of amides is 2. The SMILES string of the molecule is CCCCN1C(=O)/C(=C2\SC(=S)N(CC(C)C)C2=O)c2cc(Br)ccc21. The summed E-state index contributed by atoms with van der Waals surface area (Å²) in [5, 5.41) is 0. The predicted molar refractivity (Wildman–Crippen MR) is 115 cm³/mol. The average Bonchev–Trinajstić information content (AvgIpc) is 3.00. The summed E-state index contributed by atoms with van der Waals surface area (Å²) in [5.74, 6) is 0.0560. The lowest BCUT2D eigenvalue weighted by Crippen LogP contribution is -2.32. The molecule has 26 heavy (non-hydrogen) atoms. The van der Waals surface area contributed by atoms with Gasteiger partial charge in [-0.15, -0.1) is 0 Å². The van der Waals surface area contributed by atoms with Gasteiger partial charge in [0.1, 0.15) is 4.32 Å². The summed E-state index contributed by atoms with van der Waals surface area (Å²) in [5.41, 5.74) is 2.17. The number of hydrogen-bond acceptors (Lipinski definition) is 4. The molecule has 0 radical (unpaired) electrons. The molecule has 1 fully saturated rings. The highest BCUT2D eigenvalue weighted by molar-refractivity contribution is 9.10. The van der Waals surface area contributed by atoms with E-state index in [4.69, 9.17) is 12.2 Å². The zero-order valence-electron chi connectivity index (χ0n) is 15.0. The van der Waals surface area contributed by atoms with Crippen LogP contribution in [0.25, 0.3) is 5.57 Å². The van der Waals surface area contributed by atoms with Crippen LogP contribution in [0.2, 0.25) is 0 Å². The number of fused-ring (bicyclic) bond motifs is 1. The molecule has 1 aromatic carbocycles. The fourth-order valence-corrected chi connectivity index (χ4v) is 4.84. The molecular formula is C19H21BrN2O2S2. The Kier molecular flexibility index (Phi) is 5.89. The minimum absolute atomic E-state index is 0.100. The number of thioether (sulfide) groups is 1. The molecule has 0 unspecified atom stereocenters. The topological polar surface area (TPSA) is 40.6 Å². The van der Waals surface area contributed by atoms with Crippen molar-refractivity contribution in [3.63, 3.8) is 0 Å². The number of benzene rings is 1. The van der Waals surface area contributed by atoms with Gasteiger partial charge in [0, 0.05) is 23.1 Å². The van der Waals surface area contributed by atoms with Crippen LogP contribution in [-0.2, 0) is 9.59 Å². The van der Waals surface area contributed by atoms with E-state index in [2.05, 4.69) is 22.9 Å². The van der Waals surface area contributed by atoms with Crippen LogP contribution >= 0.6 is 39.9 Å². The van der Waals surface area contributed by atoms with E-state index in [1.165, 1.54) is 11.8 Å². The van der Waals surface area contributed by atoms with Gasteiger partial charge in [-0.2, -0.15) is 0 Å². The molecule has 0 aromatic heterocycles. The lowest BCUT2D eigenvalue weighted by Gasteiger charge is -2.17. The zero-order chi connectivity index (χ0) is 19.0. The first-order valence-electron chi connectivity index (χ1n) is 8.74. The second-order valence-corrected chi connectivity index (χ2v) is 9.41. The van der Waals surface area contributed by atoms with Crippen molar-refractivity contribution < 1.29 is 9.59 Å². The highest BCUT2D eigenvalue weighted by Crippen LogP contribution is 2.45. The molecule has 2 aliphatic heterocycles. The molecule has 1 saturated heterocycles. The Bertz CT molecular complexity index is 820. The van der Waals surface area contributed by atoms with Crippen LogP contribution in [0, 0.1) is 5.92 Å². The minimum atomic E-state index is -0.152. The number of hydrogen-bond donors (Lipinski definition) is 0. The van der Waals surface area contributed by atoms with Gasteiger partial charge in [0.2, 0.25) is 0 Å². The predicted octanol–water partition coefficient (Wildman–Crippen LogP) is 4.82. The monoisotopic (exact) mass is 452 g/mol. The highest BCUT2D eigenvalue weighted by Gasteiger charge is 2.41. The molecule has 0 bridgehead atoms. The van der Waals surface area contributed by atoms with Crippen LogP contribution in [0.5, 0.6) is 0 Å². The molecule has 0 spiro atoms. The molecule has 0 N–H and O–H groups in total. The van der Waals surface area contributed by atoms with E-state index in [-0.39, 0.29) is 11.8 Å². The Labute approximate surface area is 172 Å². The molecular weight excluding hydrogens is 432 g/mol. The third-order valence-corrected chi connectivity index (χ3v) is 6.28. The maximum absolute atomic E-state index is 13.2. The van der Waals surface area contributed by atoms with Crippen LogP contribution in [0.15, 0.2) is 27.6 Å². The van der Waals surface area contributed by atoms with Crippen molar-refractivity contribution in [1.29, 1.82) is 0 Å². The first-order chi connectivity index (χ1) is 12.3. The molecule has 0 saturated carbocycles. The summed E-state index contributed by atoms with van der Waals surface area (Å²) in [6.07, 6.45) is 1.92. The zero-order valence-corrected chi connectivity index (χ0v) is 18.3. The maximum atomic E-state index is 13.2. The van der Waals surface area contributed by atoms with E-state index in [1.54, 1.807) is 9.80 Å². The van der Waals surface area contributed by atoms with Crippen molar-refractivity contribution >= 4 is 67.3 Å². The third-order valence-electron chi connectivity index (χ3n) is 4.34. The number of thiocarbonyl (C=S) groups is 1. The number of rotatable bonds is 5. The number of unbranched alkanes of at least 4 members (excludes halogenated alkanes) is 1. The first-order valence-corrected chi connectivity index (χ1v) is 10.8. The van der Waals surface area contributed by atoms with Crippen molar-refractivity contribution in [2.24, 2.45) is 5.92 Å². The third kappa shape index (κ3) is 3.49. The fraction of sp³-hybridized carbons (Fsp3) is 0.421. The number of anilines is 1. The molecule has 4 nitrogen and oxygen atoms in total. The smallest absolute Gasteiger partial charge is 0.267 e. The summed E-state index contributed by atoms with van der Waals surface area (Å²) in [6, 6.07) is 5.79. The molecule has 1 aromatic rings. The quantitative estimate of drug-likeness (QED) is 0.474. The largest absolute Gasteiger partial charge is 0.308 e. The summed E-state index contributed by atoms with van der Waals surface area (Å²) < 4.78 is 1.42. The number of carbonyl (C=O) groups is 2. The highest BCUT2D eigenvalue weighted by atomic mass is 79.9. The number of nitrogens with zero attached hydrogens (tertiary/aromatic N) is 2. The van der Waals surface area contributed by atoms with E-state index in [9.17, 15) is 9.59 Å². The van der Waals surface area contributed by atoms with E-state index in [0.717, 1.165) is 28.6 Å². The lowest BCUT2D eigenvalue weighted by molar-refractivity contribution is -0.122. The second kappa shape index (κ2) is 7.82. The molecule has 7 heteroatoms. The maximum Gasteiger partial charge on any atom is 0.267 e. The van der Waals surface area contributed by atoms with Crippen LogP contribution in [0.1, 0.15) is 39.2 Å². The molecule has 2 heterocycles. The summed E-state index contributed by atoms with van der Waals surface area (Å²) in [6.45, 7) is 7.41. The van der Waals surface area contributed by atoms with Crippen molar-refractivity contribution in [3.8, 4) is 0 Å². The van der Waals surface area contributed by atoms with Gasteiger partial charge in [0.15, 0.2) is 0 Å². The van der Waals surface area contributed by atoms with Gasteiger partial charge in [-0.3, -0.25) is 14.5 Å². The summed E-state index contributed by atoms with van der Waals surface area (Å²) in [7, 11) is 0. The van der Waals surface area contributed by atoms with Gasteiger partial charge in [0.05, 0.1) is 16.2 Å². The lowest BCUT2D eigenvalue weighted by atomic mass is 10.1. The van der Waals surface area contributed by atoms with E-state index < -0.39 is 0 Å². The first kappa shape index (κ1) is 19.6. The van der Waals surface area contributed by atoms with Gasteiger partial charge in [-0.1, -0.05) is 67.1 Å². The van der Waals surface area contributed by atoms with Crippen LogP contribution in [0.3, 0.4) is 0 Å². The standard InChI is InChI=1S/C19H21BrN2O2S2/c1-4-5-8-21-14-7-6-12(20)9-13(14)15(17(21)23)16-18(24)22(10-11(2)3)19(25)26-16/h6-7,9,11H,4-5,8,10H2,1-3H3/b16-15-. The summed E-state index contributed by atoms with van der Waals surface area (Å²) in [4.78, 5) is 30.0. The molecule has 3 rings (SSSR count). The van der Waals surface area contributed by atoms with Crippen molar-refractivity contribution in [2.45, 2.75) is 33.6 Å². The Morgan fingerprint density at radius 2 is 1.92 bits per heavy atom. The van der Waals surface area contributed by atoms with Crippen molar-refractivity contribution in [3.05, 3.63) is 33.1 Å². The van der Waals surface area contributed by atoms with Crippen molar-refractivity contribution in [2.75, 3.05) is 18.0 Å². The normalized spacial score (nSPS) is 20.0. The average molecular weight is 453 g/mol. The fourth-order valence-electron chi connectivity index (χ4n) is 3.13. The molecule has 138 valence electrons. The number of carbonyl (C=O) groups excluding carboxylic acids is 2. The molecule has 0 aliphatic carbocycles. The van der Waals surface area contributed by atoms with Gasteiger partial charge >= 0.3 is 0 Å². The molecule has 0 atom stereocenters. The van der Waals surface area contributed by atoms with Crippen molar-refractivity contribution in [1.82, 2.24) is 4.90 Å². The van der Waals surface area contributed by atoms with Gasteiger partial charge in [-0.05, 0) is 30.5 Å².